The molecule has 0 unspecified atom stereocenters. The molecule has 1 heterocycles. The highest BCUT2D eigenvalue weighted by Crippen LogP contribution is 2.30. The number of benzene rings is 3. The van der Waals surface area contributed by atoms with Gasteiger partial charge in [-0.2, -0.15) is 0 Å². The molecule has 0 spiro atoms. The fraction of sp³-hybridized carbons (Fsp3) is 0.200. The second-order valence-corrected chi connectivity index (χ2v) is 9.53. The monoisotopic (exact) mass is 448 g/mol. The molecule has 1 aliphatic rings. The highest BCUT2D eigenvalue weighted by molar-refractivity contribution is 7.90. The Morgan fingerprint density at radius 1 is 0.781 bits per heavy atom. The van der Waals surface area contributed by atoms with Gasteiger partial charge < -0.3 is 4.90 Å². The number of hydrogen-bond donors (Lipinski definition) is 0. The third-order valence-electron chi connectivity index (χ3n) is 5.45. The summed E-state index contributed by atoms with van der Waals surface area (Å²) in [6, 6.07) is 25.7. The molecule has 0 fully saturated rings. The van der Waals surface area contributed by atoms with Crippen molar-refractivity contribution in [3.63, 3.8) is 0 Å². The molecule has 0 bridgehead atoms. The van der Waals surface area contributed by atoms with E-state index in [9.17, 15) is 18.0 Å². The molecule has 0 radical (unpaired) electrons. The number of fused-ring (bicyclic) bond motifs is 1. The van der Waals surface area contributed by atoms with Gasteiger partial charge >= 0.3 is 0 Å². The number of carbonyl (C=O) groups is 2. The van der Waals surface area contributed by atoms with Crippen molar-refractivity contribution in [1.29, 1.82) is 0 Å². The predicted octanol–water partition coefficient (Wildman–Crippen LogP) is 3.84. The van der Waals surface area contributed by atoms with Crippen LogP contribution >= 0.6 is 0 Å². The zero-order valence-corrected chi connectivity index (χ0v) is 18.4. The molecular formula is C25H24N2O4S. The normalized spacial score (nSPS) is 14.2. The number of amides is 2. The SMILES string of the molecule is O=C(CCCN1C(=O)c2ccccc2S1(=O)=O)N(Cc1ccccc1)Cc1ccccc1. The average molecular weight is 449 g/mol. The molecule has 0 N–H and O–H groups in total. The fourth-order valence-corrected chi connectivity index (χ4v) is 5.43. The minimum absolute atomic E-state index is 0.0217. The molecule has 3 aromatic carbocycles. The van der Waals surface area contributed by atoms with Crippen molar-refractivity contribution in [1.82, 2.24) is 9.21 Å². The minimum Gasteiger partial charge on any atom is -0.334 e. The van der Waals surface area contributed by atoms with E-state index in [0.29, 0.717) is 13.1 Å². The van der Waals surface area contributed by atoms with E-state index < -0.39 is 15.9 Å². The van der Waals surface area contributed by atoms with Gasteiger partial charge in [0.05, 0.1) is 5.56 Å². The van der Waals surface area contributed by atoms with Gasteiger partial charge in [0.1, 0.15) is 4.90 Å². The lowest BCUT2D eigenvalue weighted by molar-refractivity contribution is -0.132. The highest BCUT2D eigenvalue weighted by Gasteiger charge is 2.40. The molecule has 7 heteroatoms. The summed E-state index contributed by atoms with van der Waals surface area (Å²) in [5, 5.41) is 0. The van der Waals surface area contributed by atoms with E-state index in [1.165, 1.54) is 12.1 Å². The van der Waals surface area contributed by atoms with Gasteiger partial charge in [-0.1, -0.05) is 72.8 Å². The first-order chi connectivity index (χ1) is 15.5. The topological polar surface area (TPSA) is 74.8 Å². The zero-order chi connectivity index (χ0) is 22.6. The van der Waals surface area contributed by atoms with Gasteiger partial charge in [-0.15, -0.1) is 0 Å². The van der Waals surface area contributed by atoms with Crippen LogP contribution in [0.5, 0.6) is 0 Å². The zero-order valence-electron chi connectivity index (χ0n) is 17.6. The first kappa shape index (κ1) is 21.8. The largest absolute Gasteiger partial charge is 0.334 e. The third kappa shape index (κ3) is 4.57. The number of hydrogen-bond acceptors (Lipinski definition) is 4. The Hall–Kier alpha value is -3.45. The van der Waals surface area contributed by atoms with E-state index in [2.05, 4.69) is 0 Å². The lowest BCUT2D eigenvalue weighted by Gasteiger charge is -2.24. The quantitative estimate of drug-likeness (QED) is 0.525. The maximum atomic E-state index is 13.1. The summed E-state index contributed by atoms with van der Waals surface area (Å²) in [5.41, 5.74) is 2.22. The van der Waals surface area contributed by atoms with Crippen molar-refractivity contribution >= 4 is 21.8 Å². The van der Waals surface area contributed by atoms with Crippen LogP contribution in [0, 0.1) is 0 Å². The van der Waals surface area contributed by atoms with Crippen molar-refractivity contribution in [3.8, 4) is 0 Å². The molecule has 4 rings (SSSR count). The number of carbonyl (C=O) groups excluding carboxylic acids is 2. The molecule has 3 aromatic rings. The summed E-state index contributed by atoms with van der Waals surface area (Å²) in [6.07, 6.45) is 0.410. The standard InChI is InChI=1S/C25H24N2O4S/c28-24(16-9-17-27-25(29)22-14-7-8-15-23(22)32(27,30)31)26(18-20-10-3-1-4-11-20)19-21-12-5-2-6-13-21/h1-8,10-15H,9,16-19H2. The maximum Gasteiger partial charge on any atom is 0.269 e. The summed E-state index contributed by atoms with van der Waals surface area (Å²) < 4.78 is 26.3. The van der Waals surface area contributed by atoms with Gasteiger partial charge in [0.2, 0.25) is 5.91 Å². The molecule has 0 atom stereocenters. The molecule has 2 amide bonds. The lowest BCUT2D eigenvalue weighted by atomic mass is 10.1. The summed E-state index contributed by atoms with van der Waals surface area (Å²) >= 11 is 0. The molecule has 164 valence electrons. The molecule has 0 aliphatic carbocycles. The molecule has 1 aliphatic heterocycles. The summed E-state index contributed by atoms with van der Waals surface area (Å²) in [6.45, 7) is 0.897. The second kappa shape index (κ2) is 9.36. The van der Waals surface area contributed by atoms with Gasteiger partial charge in [-0.3, -0.25) is 9.59 Å². The summed E-state index contributed by atoms with van der Waals surface area (Å²) in [5.74, 6) is -0.613. The molecule has 6 nitrogen and oxygen atoms in total. The summed E-state index contributed by atoms with van der Waals surface area (Å²) in [7, 11) is -3.85. The Labute approximate surface area is 188 Å². The van der Waals surface area contributed by atoms with Crippen molar-refractivity contribution in [2.75, 3.05) is 6.54 Å². The van der Waals surface area contributed by atoms with E-state index in [4.69, 9.17) is 0 Å². The molecule has 32 heavy (non-hydrogen) atoms. The third-order valence-corrected chi connectivity index (χ3v) is 7.29. The highest BCUT2D eigenvalue weighted by atomic mass is 32.2. The Balaban J connectivity index is 1.43. The average Bonchev–Trinajstić information content (AvgIpc) is 3.00. The van der Waals surface area contributed by atoms with Crippen LogP contribution in [0.2, 0.25) is 0 Å². The van der Waals surface area contributed by atoms with Crippen LogP contribution in [-0.4, -0.2) is 36.0 Å². The van der Waals surface area contributed by atoms with Gasteiger partial charge in [0.25, 0.3) is 15.9 Å². The number of sulfonamides is 1. The van der Waals surface area contributed by atoms with Gasteiger partial charge in [-0.25, -0.2) is 12.7 Å². The van der Waals surface area contributed by atoms with Crippen molar-refractivity contribution < 1.29 is 18.0 Å². The minimum atomic E-state index is -3.85. The lowest BCUT2D eigenvalue weighted by Crippen LogP contribution is -2.33. The smallest absolute Gasteiger partial charge is 0.269 e. The van der Waals surface area contributed by atoms with Crippen molar-refractivity contribution in [2.45, 2.75) is 30.8 Å². The van der Waals surface area contributed by atoms with Crippen LogP contribution in [0.25, 0.3) is 0 Å². The maximum absolute atomic E-state index is 13.1. The number of rotatable bonds is 8. The van der Waals surface area contributed by atoms with Crippen LogP contribution < -0.4 is 0 Å². The molecule has 0 aromatic heterocycles. The van der Waals surface area contributed by atoms with Crippen LogP contribution in [0.3, 0.4) is 0 Å². The van der Waals surface area contributed by atoms with Crippen molar-refractivity contribution in [2.24, 2.45) is 0 Å². The Bertz CT molecular complexity index is 1170. The van der Waals surface area contributed by atoms with Gasteiger partial charge in [-0.05, 0) is 29.7 Å². The van der Waals surface area contributed by atoms with E-state index in [1.54, 1.807) is 17.0 Å². The Morgan fingerprint density at radius 3 is 1.88 bits per heavy atom. The van der Waals surface area contributed by atoms with E-state index in [0.717, 1.165) is 15.4 Å². The van der Waals surface area contributed by atoms with Crippen LogP contribution in [-0.2, 0) is 27.9 Å². The van der Waals surface area contributed by atoms with Gasteiger partial charge in [0.15, 0.2) is 0 Å². The van der Waals surface area contributed by atoms with E-state index >= 15 is 0 Å². The first-order valence-corrected chi connectivity index (χ1v) is 11.9. The fourth-order valence-electron chi connectivity index (χ4n) is 3.82. The predicted molar refractivity (Wildman–Crippen MR) is 121 cm³/mol. The molecule has 0 saturated carbocycles. The molecular weight excluding hydrogens is 424 g/mol. The van der Waals surface area contributed by atoms with Crippen LogP contribution in [0.4, 0.5) is 0 Å². The Morgan fingerprint density at radius 2 is 1.31 bits per heavy atom. The molecule has 0 saturated heterocycles. The van der Waals surface area contributed by atoms with Crippen LogP contribution in [0.1, 0.15) is 34.3 Å². The second-order valence-electron chi connectivity index (χ2n) is 7.70. The number of nitrogens with zero attached hydrogens (tertiary/aromatic N) is 2. The van der Waals surface area contributed by atoms with Gasteiger partial charge in [0, 0.05) is 26.1 Å². The Kier molecular flexibility index (Phi) is 6.37. The van der Waals surface area contributed by atoms with Crippen molar-refractivity contribution in [3.05, 3.63) is 102 Å². The van der Waals surface area contributed by atoms with Crippen LogP contribution in [0.15, 0.2) is 89.8 Å². The van der Waals surface area contributed by atoms with E-state index in [-0.39, 0.29) is 35.8 Å². The van der Waals surface area contributed by atoms with E-state index in [1.807, 2.05) is 60.7 Å². The first-order valence-electron chi connectivity index (χ1n) is 10.5. The summed E-state index contributed by atoms with van der Waals surface area (Å²) in [4.78, 5) is 27.4.